The quantitative estimate of drug-likeness (QED) is 0.177. The molecule has 1 spiro atoms. The highest BCUT2D eigenvalue weighted by atomic mass is 32.1. The molecule has 0 aliphatic heterocycles. The summed E-state index contributed by atoms with van der Waals surface area (Å²) in [6.07, 6.45) is 0. The Morgan fingerprint density at radius 3 is 1.77 bits per heavy atom. The van der Waals surface area contributed by atoms with Crippen molar-refractivity contribution in [1.29, 1.82) is 0 Å². The monoisotopic (exact) mass is 833 g/mol. The van der Waals surface area contributed by atoms with Crippen LogP contribution in [0.25, 0.3) is 120 Å². The van der Waals surface area contributed by atoms with E-state index in [1.165, 1.54) is 64.7 Å². The van der Waals surface area contributed by atoms with Crippen LogP contribution in [-0.2, 0) is 5.41 Å². The van der Waals surface area contributed by atoms with Gasteiger partial charge in [0.05, 0.1) is 5.41 Å². The molecule has 2 aliphatic rings. The summed E-state index contributed by atoms with van der Waals surface area (Å²) < 4.78 is 15.8. The third-order valence-electron chi connectivity index (χ3n) is 13.7. The van der Waals surface area contributed by atoms with E-state index in [0.29, 0.717) is 17.5 Å². The van der Waals surface area contributed by atoms with Crippen LogP contribution in [-0.4, -0.2) is 15.0 Å². The van der Waals surface area contributed by atoms with E-state index in [9.17, 15) is 0 Å². The molecule has 0 bridgehead atoms. The first kappa shape index (κ1) is 34.4. The van der Waals surface area contributed by atoms with E-state index in [-0.39, 0.29) is 0 Å². The van der Waals surface area contributed by atoms with E-state index < -0.39 is 5.41 Å². The predicted molar refractivity (Wildman–Crippen MR) is 260 cm³/mol. The zero-order valence-corrected chi connectivity index (χ0v) is 34.8. The van der Waals surface area contributed by atoms with Crippen molar-refractivity contribution >= 4 is 75.4 Å². The smallest absolute Gasteiger partial charge is 0.164 e. The van der Waals surface area contributed by atoms with Crippen LogP contribution < -0.4 is 0 Å². The molecule has 0 saturated heterocycles. The Balaban J connectivity index is 1.00. The third-order valence-corrected chi connectivity index (χ3v) is 14.9. The van der Waals surface area contributed by atoms with Crippen molar-refractivity contribution in [1.82, 2.24) is 15.0 Å². The van der Waals surface area contributed by atoms with Crippen molar-refractivity contribution in [2.24, 2.45) is 0 Å². The lowest BCUT2D eigenvalue weighted by Crippen LogP contribution is -2.26. The Morgan fingerprint density at radius 1 is 0.344 bits per heavy atom. The lowest BCUT2D eigenvalue weighted by atomic mass is 9.69. The Morgan fingerprint density at radius 2 is 0.953 bits per heavy atom. The van der Waals surface area contributed by atoms with Crippen LogP contribution in [0.15, 0.2) is 197 Å². The van der Waals surface area contributed by atoms with Gasteiger partial charge in [-0.15, -0.1) is 11.3 Å². The molecule has 0 unspecified atom stereocenters. The zero-order chi connectivity index (χ0) is 41.7. The van der Waals surface area contributed by atoms with Crippen LogP contribution in [0.5, 0.6) is 0 Å². The summed E-state index contributed by atoms with van der Waals surface area (Å²) >= 11 is 1.88. The second kappa shape index (κ2) is 12.5. The molecule has 15 rings (SSSR count). The molecular weight excluding hydrogens is 803 g/mol. The van der Waals surface area contributed by atoms with Crippen LogP contribution in [0.1, 0.15) is 22.3 Å². The van der Waals surface area contributed by atoms with Crippen molar-refractivity contribution in [3.63, 3.8) is 0 Å². The molecule has 0 radical (unpaired) electrons. The Kier molecular flexibility index (Phi) is 6.70. The highest BCUT2D eigenvalue weighted by Crippen LogP contribution is 2.65. The number of benzene rings is 9. The van der Waals surface area contributed by atoms with E-state index in [2.05, 4.69) is 133 Å². The second-order valence-corrected chi connectivity index (χ2v) is 18.1. The van der Waals surface area contributed by atoms with Gasteiger partial charge in [0, 0.05) is 58.4 Å². The predicted octanol–water partition coefficient (Wildman–Crippen LogP) is 15.4. The van der Waals surface area contributed by atoms with Gasteiger partial charge in [0.2, 0.25) is 0 Å². The fourth-order valence-electron chi connectivity index (χ4n) is 11.1. The number of thiophene rings is 1. The maximum absolute atomic E-state index is 6.86. The second-order valence-electron chi connectivity index (χ2n) is 17.0. The SMILES string of the molecule is c1ccc(-c2nc(-c3ccc4c(c3)oc3ccccc34)nc(-c3ccc4oc5ccc6c(c5c4c3)C3(c4ccccc4-c4ccccc43)c3cc4sc5ccccc5c4cc3-6)n2)cc1. The molecule has 5 nitrogen and oxygen atoms in total. The van der Waals surface area contributed by atoms with Gasteiger partial charge in [-0.25, -0.2) is 15.0 Å². The average molecular weight is 834 g/mol. The number of rotatable bonds is 3. The molecule has 296 valence electrons. The van der Waals surface area contributed by atoms with Crippen molar-refractivity contribution in [3.8, 4) is 56.4 Å². The minimum absolute atomic E-state index is 0.574. The van der Waals surface area contributed by atoms with Crippen molar-refractivity contribution < 1.29 is 8.83 Å². The molecule has 13 aromatic rings. The number of furan rings is 2. The lowest BCUT2D eigenvalue weighted by Gasteiger charge is -2.31. The van der Waals surface area contributed by atoms with E-state index in [0.717, 1.165) is 60.6 Å². The van der Waals surface area contributed by atoms with E-state index >= 15 is 0 Å². The van der Waals surface area contributed by atoms with Crippen molar-refractivity contribution in [3.05, 3.63) is 210 Å². The number of hydrogen-bond donors (Lipinski definition) is 0. The summed E-state index contributed by atoms with van der Waals surface area (Å²) in [4.78, 5) is 15.5. The van der Waals surface area contributed by atoms with Crippen LogP contribution in [0.2, 0.25) is 0 Å². The van der Waals surface area contributed by atoms with Gasteiger partial charge in [-0.05, 0) is 105 Å². The average Bonchev–Trinajstić information content (AvgIpc) is 4.15. The summed E-state index contributed by atoms with van der Waals surface area (Å²) in [7, 11) is 0. The van der Waals surface area contributed by atoms with E-state index in [4.69, 9.17) is 23.8 Å². The summed E-state index contributed by atoms with van der Waals surface area (Å²) in [6.45, 7) is 0. The molecule has 0 saturated carbocycles. The van der Waals surface area contributed by atoms with Crippen LogP contribution in [0.3, 0.4) is 0 Å². The van der Waals surface area contributed by atoms with Gasteiger partial charge in [0.1, 0.15) is 22.3 Å². The summed E-state index contributed by atoms with van der Waals surface area (Å²) in [5.41, 5.74) is 15.6. The van der Waals surface area contributed by atoms with Crippen LogP contribution in [0.4, 0.5) is 0 Å². The van der Waals surface area contributed by atoms with Gasteiger partial charge in [-0.2, -0.15) is 0 Å². The third kappa shape index (κ3) is 4.49. The molecule has 0 N–H and O–H groups in total. The minimum Gasteiger partial charge on any atom is -0.456 e. The maximum atomic E-state index is 6.86. The molecule has 64 heavy (non-hydrogen) atoms. The van der Waals surface area contributed by atoms with Gasteiger partial charge in [-0.1, -0.05) is 127 Å². The molecule has 4 heterocycles. The van der Waals surface area contributed by atoms with Gasteiger partial charge in [0.25, 0.3) is 0 Å². The fraction of sp³-hybridized carbons (Fsp3) is 0.0172. The molecule has 0 fully saturated rings. The molecule has 0 amide bonds. The van der Waals surface area contributed by atoms with Crippen molar-refractivity contribution in [2.75, 3.05) is 0 Å². The molecule has 6 heteroatoms. The molecule has 2 aliphatic carbocycles. The number of para-hydroxylation sites is 1. The standard InChI is InChI=1S/C58H31N3O2S/c1-2-12-32(13-3-1)55-59-56(61-57(60-55)34-22-24-38-37-16-6-10-20-47(37)63-50(38)29-34)33-23-26-48-43(28-33)53-49(62-48)27-25-40-41-30-42-39-17-7-11-21-51(39)64-52(42)31-46(41)58(54(40)53)44-18-8-4-14-35(44)36-15-5-9-19-45(36)58/h1-31H. The first-order valence-electron chi connectivity index (χ1n) is 21.6. The highest BCUT2D eigenvalue weighted by molar-refractivity contribution is 7.25. The fourth-order valence-corrected chi connectivity index (χ4v) is 12.2. The Labute approximate surface area is 369 Å². The molecular formula is C58H31N3O2S. The molecule has 9 aromatic carbocycles. The van der Waals surface area contributed by atoms with Crippen LogP contribution in [0, 0.1) is 0 Å². The minimum atomic E-state index is -0.579. The number of hydrogen-bond acceptors (Lipinski definition) is 6. The summed E-state index contributed by atoms with van der Waals surface area (Å²) in [6, 6.07) is 67.1. The van der Waals surface area contributed by atoms with Gasteiger partial charge < -0.3 is 8.83 Å². The van der Waals surface area contributed by atoms with E-state index in [1.807, 2.05) is 65.9 Å². The number of fused-ring (bicyclic) bond motifs is 20. The molecule has 4 aromatic heterocycles. The number of nitrogens with zero attached hydrogens (tertiary/aromatic N) is 3. The normalized spacial score (nSPS) is 13.4. The van der Waals surface area contributed by atoms with Crippen LogP contribution >= 0.6 is 11.3 Å². The Hall–Kier alpha value is -8.19. The van der Waals surface area contributed by atoms with Gasteiger partial charge in [-0.3, -0.25) is 0 Å². The summed E-state index contributed by atoms with van der Waals surface area (Å²) in [5.74, 6) is 1.76. The van der Waals surface area contributed by atoms with E-state index in [1.54, 1.807) is 0 Å². The topological polar surface area (TPSA) is 65.0 Å². The lowest BCUT2D eigenvalue weighted by molar-refractivity contribution is 0.668. The summed E-state index contributed by atoms with van der Waals surface area (Å²) in [5, 5.41) is 6.86. The first-order chi connectivity index (χ1) is 31.7. The van der Waals surface area contributed by atoms with Gasteiger partial charge >= 0.3 is 0 Å². The zero-order valence-electron chi connectivity index (χ0n) is 34.0. The molecule has 0 atom stereocenters. The maximum Gasteiger partial charge on any atom is 0.164 e. The highest BCUT2D eigenvalue weighted by Gasteiger charge is 2.53. The number of aromatic nitrogens is 3. The largest absolute Gasteiger partial charge is 0.456 e. The van der Waals surface area contributed by atoms with Gasteiger partial charge in [0.15, 0.2) is 17.5 Å². The first-order valence-corrected chi connectivity index (χ1v) is 22.4. The van der Waals surface area contributed by atoms with Crippen molar-refractivity contribution in [2.45, 2.75) is 5.41 Å². The Bertz CT molecular complexity index is 4110.